The van der Waals surface area contributed by atoms with E-state index in [0.29, 0.717) is 12.0 Å². The molecule has 3 nitrogen and oxygen atoms in total. The van der Waals surface area contributed by atoms with Crippen LogP contribution in [0.4, 0.5) is 0 Å². The van der Waals surface area contributed by atoms with E-state index in [1.165, 1.54) is 12.8 Å². The van der Waals surface area contributed by atoms with Crippen molar-refractivity contribution >= 4 is 11.7 Å². The fourth-order valence-electron chi connectivity index (χ4n) is 1.54. The molecule has 0 aliphatic heterocycles. The first kappa shape index (κ1) is 9.22. The zero-order chi connectivity index (χ0) is 9.97. The molecule has 2 rings (SSSR count). The molecule has 0 atom stereocenters. The molecule has 0 amide bonds. The van der Waals surface area contributed by atoms with Crippen molar-refractivity contribution in [1.82, 2.24) is 5.32 Å². The van der Waals surface area contributed by atoms with Gasteiger partial charge in [0.2, 0.25) is 0 Å². The molecule has 0 bridgehead atoms. The van der Waals surface area contributed by atoms with Gasteiger partial charge in [0.15, 0.2) is 0 Å². The van der Waals surface area contributed by atoms with Crippen LogP contribution in [0.15, 0.2) is 17.8 Å². The summed E-state index contributed by atoms with van der Waals surface area (Å²) in [5.74, 6) is 2.43. The molecule has 2 aliphatic carbocycles. The highest BCUT2D eigenvalue weighted by atomic mass is 16.1. The molecule has 2 N–H and O–H groups in total. The first-order valence-corrected chi connectivity index (χ1v) is 5.03. The summed E-state index contributed by atoms with van der Waals surface area (Å²) in [6.45, 7) is 0. The molecule has 0 spiro atoms. The van der Waals surface area contributed by atoms with Gasteiger partial charge in [0.25, 0.3) is 0 Å². The monoisotopic (exact) mass is 190 g/mol. The zero-order valence-electron chi connectivity index (χ0n) is 8.05. The maximum absolute atomic E-state index is 10.2. The topological polar surface area (TPSA) is 53.0 Å². The zero-order valence-corrected chi connectivity index (χ0v) is 8.05. The number of nitrogens with one attached hydrogen (secondary N) is 2. The quantitative estimate of drug-likeness (QED) is 0.520. The molecule has 3 heteroatoms. The molecule has 0 aromatic heterocycles. The lowest BCUT2D eigenvalue weighted by Crippen LogP contribution is -2.33. The number of hydrogen-bond acceptors (Lipinski definition) is 3. The van der Waals surface area contributed by atoms with Gasteiger partial charge in [-0.05, 0) is 38.0 Å². The van der Waals surface area contributed by atoms with E-state index in [2.05, 4.69) is 5.32 Å². The maximum Gasteiger partial charge on any atom is 0.123 e. The van der Waals surface area contributed by atoms with Gasteiger partial charge < -0.3 is 10.7 Å². The smallest absolute Gasteiger partial charge is 0.123 e. The van der Waals surface area contributed by atoms with Gasteiger partial charge in [-0.2, -0.15) is 0 Å². The van der Waals surface area contributed by atoms with Gasteiger partial charge in [-0.1, -0.05) is 0 Å². The predicted octanol–water partition coefficient (Wildman–Crippen LogP) is 1.44. The lowest BCUT2D eigenvalue weighted by atomic mass is 9.88. The molecule has 0 radical (unpaired) electrons. The molecule has 2 saturated carbocycles. The molecule has 2 aliphatic rings. The number of allylic oxidation sites excluding steroid dienone is 1. The highest BCUT2D eigenvalue weighted by molar-refractivity contribution is 5.95. The Hall–Kier alpha value is -1.34. The minimum atomic E-state index is 0.384. The average Bonchev–Trinajstić information content (AvgIpc) is 2.91. The molecule has 0 heterocycles. The van der Waals surface area contributed by atoms with Crippen molar-refractivity contribution in [2.24, 2.45) is 5.92 Å². The van der Waals surface area contributed by atoms with E-state index in [1.807, 2.05) is 18.2 Å². The van der Waals surface area contributed by atoms with E-state index >= 15 is 0 Å². The molecule has 14 heavy (non-hydrogen) atoms. The summed E-state index contributed by atoms with van der Waals surface area (Å²) >= 11 is 0. The van der Waals surface area contributed by atoms with Crippen LogP contribution in [-0.4, -0.2) is 17.7 Å². The van der Waals surface area contributed by atoms with Crippen LogP contribution in [0, 0.1) is 11.3 Å². The molecule has 0 aromatic rings. The standard InChI is InChI=1S/C11H14N2O/c12-11(9-1-2-9)3-4-13-10-5-8(6-10)7-14/h3-4,9-10,12-13H,1-2,5-6H2/b4-3-,12-11?. The van der Waals surface area contributed by atoms with Crippen molar-refractivity contribution in [2.45, 2.75) is 31.7 Å². The van der Waals surface area contributed by atoms with Gasteiger partial charge in [-0.25, -0.2) is 4.79 Å². The second-order valence-electron chi connectivity index (χ2n) is 4.04. The van der Waals surface area contributed by atoms with Gasteiger partial charge in [0.1, 0.15) is 5.94 Å². The largest absolute Gasteiger partial charge is 0.387 e. The summed E-state index contributed by atoms with van der Waals surface area (Å²) in [6.07, 6.45) is 7.64. The van der Waals surface area contributed by atoms with Gasteiger partial charge >= 0.3 is 0 Å². The van der Waals surface area contributed by atoms with Crippen LogP contribution >= 0.6 is 0 Å². The molecule has 0 saturated heterocycles. The lowest BCUT2D eigenvalue weighted by Gasteiger charge is -2.26. The predicted molar refractivity (Wildman–Crippen MR) is 55.0 cm³/mol. The Morgan fingerprint density at radius 2 is 2.21 bits per heavy atom. The van der Waals surface area contributed by atoms with Gasteiger partial charge in [-0.3, -0.25) is 0 Å². The van der Waals surface area contributed by atoms with E-state index in [4.69, 9.17) is 5.41 Å². The van der Waals surface area contributed by atoms with E-state index in [9.17, 15) is 4.79 Å². The van der Waals surface area contributed by atoms with Crippen molar-refractivity contribution in [3.8, 4) is 0 Å². The summed E-state index contributed by atoms with van der Waals surface area (Å²) in [5, 5.41) is 10.8. The van der Waals surface area contributed by atoms with Crippen LogP contribution in [0.2, 0.25) is 0 Å². The van der Waals surface area contributed by atoms with Crippen molar-refractivity contribution in [2.75, 3.05) is 0 Å². The number of rotatable bonds is 4. The molecular weight excluding hydrogens is 176 g/mol. The Morgan fingerprint density at radius 1 is 1.50 bits per heavy atom. The molecule has 74 valence electrons. The third-order valence-electron chi connectivity index (χ3n) is 2.74. The minimum absolute atomic E-state index is 0.384. The second-order valence-corrected chi connectivity index (χ2v) is 4.04. The first-order chi connectivity index (χ1) is 6.79. The van der Waals surface area contributed by atoms with Crippen molar-refractivity contribution < 1.29 is 4.79 Å². The fourth-order valence-corrected chi connectivity index (χ4v) is 1.54. The Balaban J connectivity index is 1.67. The minimum Gasteiger partial charge on any atom is -0.387 e. The summed E-state index contributed by atoms with van der Waals surface area (Å²) in [4.78, 5) is 10.2. The highest BCUT2D eigenvalue weighted by Crippen LogP contribution is 2.30. The van der Waals surface area contributed by atoms with Crippen molar-refractivity contribution in [3.63, 3.8) is 0 Å². The van der Waals surface area contributed by atoms with E-state index in [0.717, 1.165) is 24.1 Å². The Bertz CT molecular complexity index is 314. The Kier molecular flexibility index (Phi) is 2.51. The summed E-state index contributed by atoms with van der Waals surface area (Å²) in [5.41, 5.74) is 1.59. The van der Waals surface area contributed by atoms with Crippen LogP contribution < -0.4 is 5.32 Å². The van der Waals surface area contributed by atoms with Gasteiger partial charge in [0.05, 0.1) is 0 Å². The van der Waals surface area contributed by atoms with Crippen molar-refractivity contribution in [1.29, 1.82) is 5.41 Å². The summed E-state index contributed by atoms with van der Waals surface area (Å²) < 4.78 is 0. The Labute approximate surface area is 83.4 Å². The van der Waals surface area contributed by atoms with Crippen LogP contribution in [0.1, 0.15) is 25.7 Å². The average molecular weight is 190 g/mol. The maximum atomic E-state index is 10.2. The second kappa shape index (κ2) is 3.81. The normalized spacial score (nSPS) is 25.7. The van der Waals surface area contributed by atoms with Crippen LogP contribution in [-0.2, 0) is 4.79 Å². The Morgan fingerprint density at radius 3 is 2.79 bits per heavy atom. The highest BCUT2D eigenvalue weighted by Gasteiger charge is 2.25. The summed E-state index contributed by atoms with van der Waals surface area (Å²) in [7, 11) is 0. The molecule has 0 aromatic carbocycles. The number of hydrogen-bond donors (Lipinski definition) is 2. The van der Waals surface area contributed by atoms with Crippen LogP contribution in [0.3, 0.4) is 0 Å². The fraction of sp³-hybridized carbons (Fsp3) is 0.545. The third-order valence-corrected chi connectivity index (χ3v) is 2.74. The van der Waals surface area contributed by atoms with Gasteiger partial charge in [0, 0.05) is 23.2 Å². The number of carbonyl (C=O) groups excluding carboxylic acids is 1. The SMILES string of the molecule is N=C(/C=C\NC1CC(=C=O)C1)C1CC1. The van der Waals surface area contributed by atoms with E-state index < -0.39 is 0 Å². The van der Waals surface area contributed by atoms with E-state index in [1.54, 1.807) is 0 Å². The van der Waals surface area contributed by atoms with Crippen LogP contribution in [0.25, 0.3) is 0 Å². The van der Waals surface area contributed by atoms with Crippen LogP contribution in [0.5, 0.6) is 0 Å². The lowest BCUT2D eigenvalue weighted by molar-refractivity contribution is 0.474. The molecule has 0 unspecified atom stereocenters. The molecule has 2 fully saturated rings. The van der Waals surface area contributed by atoms with E-state index in [-0.39, 0.29) is 0 Å². The summed E-state index contributed by atoms with van der Waals surface area (Å²) in [6, 6.07) is 0.384. The molecular formula is C11H14N2O. The van der Waals surface area contributed by atoms with Gasteiger partial charge in [-0.15, -0.1) is 0 Å². The first-order valence-electron chi connectivity index (χ1n) is 5.03. The third kappa shape index (κ3) is 2.12. The van der Waals surface area contributed by atoms with Crippen molar-refractivity contribution in [3.05, 3.63) is 17.8 Å².